The van der Waals surface area contributed by atoms with Crippen LogP contribution in [0.2, 0.25) is 0 Å². The molecule has 5 nitrogen and oxygen atoms in total. The van der Waals surface area contributed by atoms with Crippen LogP contribution in [0.15, 0.2) is 47.4 Å². The normalized spacial score (nSPS) is 24.7. The van der Waals surface area contributed by atoms with Crippen molar-refractivity contribution in [3.63, 3.8) is 0 Å². The van der Waals surface area contributed by atoms with E-state index in [2.05, 4.69) is 0 Å². The summed E-state index contributed by atoms with van der Waals surface area (Å²) in [5, 5.41) is 11.2. The van der Waals surface area contributed by atoms with Crippen molar-refractivity contribution < 1.29 is 49.1 Å². The second-order valence-electron chi connectivity index (χ2n) is 11.6. The van der Waals surface area contributed by atoms with Gasteiger partial charge in [0.15, 0.2) is 9.84 Å². The van der Waals surface area contributed by atoms with Gasteiger partial charge in [0.25, 0.3) is 5.91 Å². The molecule has 230 valence electrons. The van der Waals surface area contributed by atoms with Gasteiger partial charge >= 0.3 is 18.0 Å². The third-order valence-electron chi connectivity index (χ3n) is 9.18. The number of aliphatic hydroxyl groups is 1. The van der Waals surface area contributed by atoms with Crippen molar-refractivity contribution >= 4 is 15.7 Å². The van der Waals surface area contributed by atoms with Crippen LogP contribution in [0.4, 0.5) is 30.7 Å². The molecule has 42 heavy (non-hydrogen) atoms. The van der Waals surface area contributed by atoms with Crippen LogP contribution in [-0.2, 0) is 31.5 Å². The van der Waals surface area contributed by atoms with Crippen molar-refractivity contribution in [1.29, 1.82) is 0 Å². The number of rotatable bonds is 4. The largest absolute Gasteiger partial charge is 0.435 e. The smallest absolute Gasteiger partial charge is 0.380 e. The number of hydrogen-bond donors (Lipinski definition) is 1. The molecule has 1 aliphatic heterocycles. The first-order valence-electron chi connectivity index (χ1n) is 13.7. The maximum absolute atomic E-state index is 15.0. The molecule has 2 fully saturated rings. The number of hydrogen-bond acceptors (Lipinski definition) is 4. The highest BCUT2D eigenvalue weighted by Crippen LogP contribution is 2.57. The Hall–Kier alpha value is -2.67. The molecule has 5 rings (SSSR count). The molecule has 0 bridgehead atoms. The SMILES string of the molecule is Cc1cccc(S(=O)(=O)C23CCN(C(=O)C4(O)CCCCC4)C2CCc2cc(C(F)(C(F)(F)F)C(F)(F)F)ccc23)c1. The molecule has 0 radical (unpaired) electrons. The maximum Gasteiger partial charge on any atom is 0.435 e. The number of sulfone groups is 1. The van der Waals surface area contributed by atoms with Crippen LogP contribution in [0.3, 0.4) is 0 Å². The summed E-state index contributed by atoms with van der Waals surface area (Å²) in [5.74, 6) is -0.634. The molecule has 1 heterocycles. The van der Waals surface area contributed by atoms with E-state index in [0.717, 1.165) is 12.5 Å². The van der Waals surface area contributed by atoms with E-state index in [1.54, 1.807) is 13.0 Å². The summed E-state index contributed by atoms with van der Waals surface area (Å²) in [7, 11) is -4.43. The predicted octanol–water partition coefficient (Wildman–Crippen LogP) is 6.20. The Morgan fingerprint density at radius 2 is 1.57 bits per heavy atom. The van der Waals surface area contributed by atoms with Crippen LogP contribution in [-0.4, -0.2) is 54.9 Å². The molecule has 2 atom stereocenters. The molecule has 13 heteroatoms. The monoisotopic (exact) mass is 621 g/mol. The van der Waals surface area contributed by atoms with Crippen LogP contribution in [0.5, 0.6) is 0 Å². The summed E-state index contributed by atoms with van der Waals surface area (Å²) in [6.45, 7) is 1.56. The lowest BCUT2D eigenvalue weighted by atomic mass is 9.76. The maximum atomic E-state index is 15.0. The Labute approximate surface area is 238 Å². The average Bonchev–Trinajstić information content (AvgIpc) is 3.32. The standard InChI is InChI=1S/C29H30F7NO4S/c1-18-6-5-7-21(16-18)42(40,41)26-14-15-37(24(38)25(39)12-3-2-4-13-25)23(26)11-8-19-17-20(9-10-22(19)26)27(30,28(31,32)33)29(34,35)36/h5-7,9-10,16-17,23,39H,2-4,8,11-15H2,1H3. The van der Waals surface area contributed by atoms with Gasteiger partial charge in [-0.1, -0.05) is 49.6 Å². The van der Waals surface area contributed by atoms with Crippen LogP contribution in [0.25, 0.3) is 0 Å². The number of likely N-dealkylation sites (tertiary alicyclic amines) is 1. The average molecular weight is 622 g/mol. The fraction of sp³-hybridized carbons (Fsp3) is 0.552. The van der Waals surface area contributed by atoms with E-state index in [1.807, 2.05) is 0 Å². The van der Waals surface area contributed by atoms with Gasteiger partial charge in [-0.15, -0.1) is 0 Å². The number of aryl methyl sites for hydroxylation is 2. The molecule has 2 aromatic carbocycles. The first-order valence-corrected chi connectivity index (χ1v) is 15.2. The van der Waals surface area contributed by atoms with Crippen molar-refractivity contribution in [2.45, 2.75) is 97.6 Å². The first-order chi connectivity index (χ1) is 19.4. The van der Waals surface area contributed by atoms with E-state index < -0.39 is 55.7 Å². The second kappa shape index (κ2) is 9.93. The minimum absolute atomic E-state index is 0.0679. The molecule has 1 amide bonds. The second-order valence-corrected chi connectivity index (χ2v) is 13.8. The lowest BCUT2D eigenvalue weighted by molar-refractivity contribution is -0.348. The third kappa shape index (κ3) is 4.36. The molecule has 3 aliphatic rings. The Morgan fingerprint density at radius 1 is 0.929 bits per heavy atom. The number of nitrogens with zero attached hydrogens (tertiary/aromatic N) is 1. The number of fused-ring (bicyclic) bond motifs is 3. The highest BCUT2D eigenvalue weighted by atomic mass is 32.2. The van der Waals surface area contributed by atoms with Gasteiger partial charge in [-0.25, -0.2) is 12.8 Å². The van der Waals surface area contributed by atoms with Gasteiger partial charge < -0.3 is 10.0 Å². The van der Waals surface area contributed by atoms with E-state index in [4.69, 9.17) is 0 Å². The van der Waals surface area contributed by atoms with Crippen LogP contribution >= 0.6 is 0 Å². The molecule has 2 unspecified atom stereocenters. The van der Waals surface area contributed by atoms with Crippen LogP contribution in [0, 0.1) is 6.92 Å². The lowest BCUT2D eigenvalue weighted by Gasteiger charge is -2.44. The van der Waals surface area contributed by atoms with Crippen molar-refractivity contribution in [3.8, 4) is 0 Å². The number of benzene rings is 2. The number of halogens is 7. The van der Waals surface area contributed by atoms with Gasteiger partial charge in [0.05, 0.1) is 10.9 Å². The Morgan fingerprint density at radius 3 is 2.17 bits per heavy atom. The number of alkyl halides is 7. The van der Waals surface area contributed by atoms with E-state index in [-0.39, 0.29) is 54.7 Å². The van der Waals surface area contributed by atoms with Gasteiger partial charge in [-0.05, 0) is 67.9 Å². The summed E-state index contributed by atoms with van der Waals surface area (Å²) in [4.78, 5) is 14.9. The zero-order valence-electron chi connectivity index (χ0n) is 22.7. The molecule has 1 saturated heterocycles. The Kier molecular flexibility index (Phi) is 7.28. The molecule has 2 aliphatic carbocycles. The highest BCUT2D eigenvalue weighted by molar-refractivity contribution is 7.92. The number of carbonyl (C=O) groups is 1. The summed E-state index contributed by atoms with van der Waals surface area (Å²) < 4.78 is 123. The summed E-state index contributed by atoms with van der Waals surface area (Å²) in [5.41, 5.74) is -8.70. The van der Waals surface area contributed by atoms with Gasteiger partial charge in [-0.2, -0.15) is 26.3 Å². The molecule has 1 saturated carbocycles. The summed E-state index contributed by atoms with van der Waals surface area (Å²) in [6, 6.07) is 6.49. The summed E-state index contributed by atoms with van der Waals surface area (Å²) >= 11 is 0. The minimum atomic E-state index is -6.33. The number of amides is 1. The predicted molar refractivity (Wildman–Crippen MR) is 138 cm³/mol. The molecule has 1 N–H and O–H groups in total. The minimum Gasteiger partial charge on any atom is -0.380 e. The molecule has 0 spiro atoms. The van der Waals surface area contributed by atoms with Gasteiger partial charge in [-0.3, -0.25) is 4.79 Å². The highest BCUT2D eigenvalue weighted by Gasteiger charge is 2.74. The molecule has 0 aromatic heterocycles. The fourth-order valence-corrected chi connectivity index (χ4v) is 9.56. The van der Waals surface area contributed by atoms with E-state index in [1.165, 1.54) is 23.1 Å². The topological polar surface area (TPSA) is 74.7 Å². The zero-order valence-corrected chi connectivity index (χ0v) is 23.5. The van der Waals surface area contributed by atoms with Crippen molar-refractivity contribution in [2.24, 2.45) is 0 Å². The molecular formula is C29H30F7NO4S. The van der Waals surface area contributed by atoms with Crippen molar-refractivity contribution in [1.82, 2.24) is 4.90 Å². The number of carbonyl (C=O) groups excluding carboxylic acids is 1. The van der Waals surface area contributed by atoms with E-state index in [9.17, 15) is 49.1 Å². The van der Waals surface area contributed by atoms with Crippen molar-refractivity contribution in [2.75, 3.05) is 6.54 Å². The summed E-state index contributed by atoms with van der Waals surface area (Å²) in [6.07, 6.45) is -10.8. The van der Waals surface area contributed by atoms with E-state index in [0.29, 0.717) is 30.5 Å². The van der Waals surface area contributed by atoms with Crippen molar-refractivity contribution in [3.05, 3.63) is 64.7 Å². The fourth-order valence-electron chi connectivity index (χ4n) is 7.08. The first kappa shape index (κ1) is 30.8. The molecule has 2 aromatic rings. The Bertz CT molecular complexity index is 1480. The zero-order chi connectivity index (χ0) is 30.9. The van der Waals surface area contributed by atoms with Crippen LogP contribution in [0.1, 0.15) is 67.2 Å². The van der Waals surface area contributed by atoms with Gasteiger partial charge in [0, 0.05) is 12.1 Å². The van der Waals surface area contributed by atoms with E-state index >= 15 is 0 Å². The lowest BCUT2D eigenvalue weighted by Crippen LogP contribution is -2.57. The van der Waals surface area contributed by atoms with Crippen LogP contribution < -0.4 is 0 Å². The third-order valence-corrected chi connectivity index (χ3v) is 11.7. The molecular weight excluding hydrogens is 591 g/mol. The Balaban J connectivity index is 1.70. The quantitative estimate of drug-likeness (QED) is 0.413. The van der Waals surface area contributed by atoms with Gasteiger partial charge in [0.2, 0.25) is 0 Å². The van der Waals surface area contributed by atoms with Gasteiger partial charge in [0.1, 0.15) is 10.3 Å².